The summed E-state index contributed by atoms with van der Waals surface area (Å²) in [5.41, 5.74) is 1.33. The van der Waals surface area contributed by atoms with Crippen molar-refractivity contribution >= 4 is 33.3 Å². The number of thioether (sulfide) groups is 1. The van der Waals surface area contributed by atoms with Crippen molar-refractivity contribution in [2.45, 2.75) is 11.8 Å². The number of aromatic nitrogens is 4. The van der Waals surface area contributed by atoms with Crippen molar-refractivity contribution in [3.8, 4) is 17.1 Å². The Morgan fingerprint density at radius 2 is 1.92 bits per heavy atom. The predicted molar refractivity (Wildman–Crippen MR) is 104 cm³/mol. The normalized spacial score (nSPS) is 10.4. The Morgan fingerprint density at radius 1 is 1.08 bits per heavy atom. The van der Waals surface area contributed by atoms with E-state index in [1.165, 1.54) is 11.8 Å². The number of thiophene rings is 1. The zero-order valence-electron chi connectivity index (χ0n) is 13.9. The second-order valence-corrected chi connectivity index (χ2v) is 6.75. The zero-order chi connectivity index (χ0) is 18.4. The van der Waals surface area contributed by atoms with E-state index >= 15 is 0 Å². The summed E-state index contributed by atoms with van der Waals surface area (Å²) in [6, 6.07) is 10.8. The van der Waals surface area contributed by atoms with Crippen LogP contribution in [0.1, 0.15) is 5.69 Å². The summed E-state index contributed by atoms with van der Waals surface area (Å²) in [5.74, 6) is 0.770. The number of rotatable bonds is 3. The minimum absolute atomic E-state index is 0.0178. The molecule has 4 aromatic rings. The van der Waals surface area contributed by atoms with E-state index in [4.69, 9.17) is 5.11 Å². The van der Waals surface area contributed by atoms with Crippen molar-refractivity contribution in [2.24, 2.45) is 0 Å². The molecule has 8 heteroatoms. The standard InChI is InChI=1S/C12H8N2OS.C6H8N2OS/c15-10-4-2-1-3-9(10)11-13-7-8-5-6-16-12(8)14-11;1-10-6-7-3-2-5(4-9)8-6/h1-7,15H;2-3,9H,4H2,1H3. The molecule has 0 saturated heterocycles. The predicted octanol–water partition coefficient (Wildman–Crippen LogP) is 3.75. The van der Waals surface area contributed by atoms with Gasteiger partial charge in [-0.3, -0.25) is 0 Å². The first kappa shape index (κ1) is 18.2. The van der Waals surface area contributed by atoms with Crippen LogP contribution in [-0.4, -0.2) is 36.4 Å². The van der Waals surface area contributed by atoms with Gasteiger partial charge in [-0.15, -0.1) is 11.3 Å². The van der Waals surface area contributed by atoms with Gasteiger partial charge in [0.2, 0.25) is 0 Å². The molecule has 0 fully saturated rings. The number of para-hydroxylation sites is 1. The highest BCUT2D eigenvalue weighted by atomic mass is 32.2. The molecule has 0 aliphatic heterocycles. The van der Waals surface area contributed by atoms with Gasteiger partial charge in [-0.1, -0.05) is 23.9 Å². The van der Waals surface area contributed by atoms with Gasteiger partial charge in [-0.05, 0) is 35.9 Å². The van der Waals surface area contributed by atoms with Crippen LogP contribution in [0.25, 0.3) is 21.6 Å². The highest BCUT2D eigenvalue weighted by molar-refractivity contribution is 7.98. The highest BCUT2D eigenvalue weighted by Gasteiger charge is 2.07. The Hall–Kier alpha value is -2.55. The van der Waals surface area contributed by atoms with Crippen LogP contribution in [0.15, 0.2) is 59.3 Å². The molecule has 0 spiro atoms. The Morgan fingerprint density at radius 3 is 2.69 bits per heavy atom. The van der Waals surface area contributed by atoms with E-state index in [1.54, 1.807) is 41.9 Å². The monoisotopic (exact) mass is 384 g/mol. The summed E-state index contributed by atoms with van der Waals surface area (Å²) >= 11 is 3.03. The third-order valence-corrected chi connectivity index (χ3v) is 4.77. The Bertz CT molecular complexity index is 988. The van der Waals surface area contributed by atoms with Crippen molar-refractivity contribution < 1.29 is 10.2 Å². The van der Waals surface area contributed by atoms with Crippen LogP contribution in [0.4, 0.5) is 0 Å². The van der Waals surface area contributed by atoms with Gasteiger partial charge in [-0.2, -0.15) is 0 Å². The molecule has 0 atom stereocenters. The minimum atomic E-state index is -0.0178. The molecular weight excluding hydrogens is 368 g/mol. The van der Waals surface area contributed by atoms with Crippen LogP contribution in [0.2, 0.25) is 0 Å². The lowest BCUT2D eigenvalue weighted by Crippen LogP contribution is -1.91. The molecule has 132 valence electrons. The van der Waals surface area contributed by atoms with E-state index < -0.39 is 0 Å². The van der Waals surface area contributed by atoms with Crippen molar-refractivity contribution in [1.29, 1.82) is 0 Å². The average molecular weight is 384 g/mol. The fourth-order valence-corrected chi connectivity index (χ4v) is 3.23. The zero-order valence-corrected chi connectivity index (χ0v) is 15.5. The van der Waals surface area contributed by atoms with Gasteiger partial charge in [0.1, 0.15) is 10.6 Å². The molecule has 6 nitrogen and oxygen atoms in total. The van der Waals surface area contributed by atoms with Crippen LogP contribution in [0, 0.1) is 0 Å². The molecule has 2 N–H and O–H groups in total. The molecule has 3 heterocycles. The fraction of sp³-hybridized carbons (Fsp3) is 0.111. The first-order chi connectivity index (χ1) is 12.7. The number of nitrogens with zero attached hydrogens (tertiary/aromatic N) is 4. The van der Waals surface area contributed by atoms with E-state index in [0.717, 1.165) is 10.2 Å². The van der Waals surface area contributed by atoms with Crippen molar-refractivity contribution in [2.75, 3.05) is 6.26 Å². The highest BCUT2D eigenvalue weighted by Crippen LogP contribution is 2.27. The molecule has 26 heavy (non-hydrogen) atoms. The summed E-state index contributed by atoms with van der Waals surface area (Å²) in [5, 5.41) is 22.1. The summed E-state index contributed by atoms with van der Waals surface area (Å²) in [7, 11) is 0. The Balaban J connectivity index is 0.000000170. The topological polar surface area (TPSA) is 92.0 Å². The van der Waals surface area contributed by atoms with Gasteiger partial charge in [0, 0.05) is 17.8 Å². The number of hydrogen-bond acceptors (Lipinski definition) is 8. The van der Waals surface area contributed by atoms with Gasteiger partial charge in [0.05, 0.1) is 17.9 Å². The quantitative estimate of drug-likeness (QED) is 0.410. The van der Waals surface area contributed by atoms with E-state index in [1.807, 2.05) is 29.8 Å². The third kappa shape index (κ3) is 4.34. The number of fused-ring (bicyclic) bond motifs is 1. The lowest BCUT2D eigenvalue weighted by molar-refractivity contribution is 0.275. The van der Waals surface area contributed by atoms with Crippen molar-refractivity contribution in [3.63, 3.8) is 0 Å². The fourth-order valence-electron chi connectivity index (χ4n) is 2.11. The molecule has 1 aromatic carbocycles. The van der Waals surface area contributed by atoms with Gasteiger partial charge in [0.25, 0.3) is 0 Å². The largest absolute Gasteiger partial charge is 0.507 e. The Kier molecular flexibility index (Phi) is 6.11. The van der Waals surface area contributed by atoms with Gasteiger partial charge in [-0.25, -0.2) is 19.9 Å². The number of aromatic hydroxyl groups is 1. The SMILES string of the molecule is CSc1nccc(CO)n1.Oc1ccccc1-c1ncc2ccsc2n1. The third-order valence-electron chi connectivity index (χ3n) is 3.39. The van der Waals surface area contributed by atoms with Crippen LogP contribution in [0.3, 0.4) is 0 Å². The van der Waals surface area contributed by atoms with E-state index in [-0.39, 0.29) is 12.4 Å². The van der Waals surface area contributed by atoms with Gasteiger partial charge in [0.15, 0.2) is 11.0 Å². The van der Waals surface area contributed by atoms with Crippen LogP contribution in [-0.2, 0) is 6.61 Å². The first-order valence-corrected chi connectivity index (χ1v) is 9.77. The molecule has 0 amide bonds. The smallest absolute Gasteiger partial charge is 0.187 e. The van der Waals surface area contributed by atoms with Gasteiger partial charge >= 0.3 is 0 Å². The number of hydrogen-bond donors (Lipinski definition) is 2. The molecular formula is C18H16N4O2S2. The molecule has 0 radical (unpaired) electrons. The van der Waals surface area contributed by atoms with Crippen LogP contribution >= 0.6 is 23.1 Å². The minimum Gasteiger partial charge on any atom is -0.507 e. The molecule has 0 saturated carbocycles. The second kappa shape index (κ2) is 8.70. The maximum Gasteiger partial charge on any atom is 0.187 e. The lowest BCUT2D eigenvalue weighted by Gasteiger charge is -2.01. The van der Waals surface area contributed by atoms with E-state index in [0.29, 0.717) is 22.2 Å². The van der Waals surface area contributed by atoms with Gasteiger partial charge < -0.3 is 10.2 Å². The maximum atomic E-state index is 9.71. The van der Waals surface area contributed by atoms with E-state index in [9.17, 15) is 5.11 Å². The Labute approximate surface area is 158 Å². The first-order valence-electron chi connectivity index (χ1n) is 7.66. The number of phenols is 1. The molecule has 4 rings (SSSR count). The molecule has 0 aliphatic carbocycles. The second-order valence-electron chi connectivity index (χ2n) is 5.08. The summed E-state index contributed by atoms with van der Waals surface area (Å²) in [6.07, 6.45) is 5.32. The number of benzene rings is 1. The lowest BCUT2D eigenvalue weighted by atomic mass is 10.2. The van der Waals surface area contributed by atoms with Crippen LogP contribution in [0.5, 0.6) is 5.75 Å². The van der Waals surface area contributed by atoms with Crippen LogP contribution < -0.4 is 0 Å². The molecule has 0 aliphatic rings. The molecule has 3 aromatic heterocycles. The summed E-state index contributed by atoms with van der Waals surface area (Å²) < 4.78 is 0. The van der Waals surface area contributed by atoms with Crippen molar-refractivity contribution in [1.82, 2.24) is 19.9 Å². The summed E-state index contributed by atoms with van der Waals surface area (Å²) in [6.45, 7) is -0.0178. The molecule has 0 unspecified atom stereocenters. The summed E-state index contributed by atoms with van der Waals surface area (Å²) in [4.78, 5) is 17.6. The van der Waals surface area contributed by atoms with Crippen molar-refractivity contribution in [3.05, 3.63) is 59.9 Å². The molecule has 0 bridgehead atoms. The number of aliphatic hydroxyl groups is 1. The van der Waals surface area contributed by atoms with E-state index in [2.05, 4.69) is 19.9 Å². The number of aliphatic hydroxyl groups excluding tert-OH is 1. The maximum absolute atomic E-state index is 9.71. The average Bonchev–Trinajstić information content (AvgIpc) is 3.16. The number of phenolic OH excluding ortho intramolecular Hbond substituents is 1.